The number of nitrogens with two attached hydrogens (primary N) is 1. The number of nitrogens with one attached hydrogen (secondary N) is 5. The highest BCUT2D eigenvalue weighted by Crippen LogP contribution is 2.12. The van der Waals surface area contributed by atoms with Gasteiger partial charge in [-0.25, -0.2) is 0 Å². The fraction of sp³-hybridized carbons (Fsp3) is 0.730. The van der Waals surface area contributed by atoms with Crippen molar-refractivity contribution in [3.05, 3.63) is 24.3 Å². The van der Waals surface area contributed by atoms with Gasteiger partial charge in [0.15, 0.2) is 0 Å². The average Bonchev–Trinajstić information content (AvgIpc) is 3.07. The van der Waals surface area contributed by atoms with Crippen LogP contribution in [-0.4, -0.2) is 67.2 Å². The molecule has 0 aromatic heterocycles. The summed E-state index contributed by atoms with van der Waals surface area (Å²) < 4.78 is 0. The molecule has 0 aliphatic heterocycles. The van der Waals surface area contributed by atoms with Crippen LogP contribution < -0.4 is 32.3 Å². The summed E-state index contributed by atoms with van der Waals surface area (Å²) in [5, 5.41) is 12.0. The minimum absolute atomic E-state index is 0.218. The second-order valence-electron chi connectivity index (χ2n) is 12.7. The quantitative estimate of drug-likeness (QED) is 0.0463. The summed E-state index contributed by atoms with van der Waals surface area (Å²) in [4.78, 5) is 70.9. The average molecular weight is 691 g/mol. The van der Waals surface area contributed by atoms with Crippen LogP contribution in [0.25, 0.3) is 0 Å². The standard InChI is InChI=1S/C37H66N6O6/c1-4-5-6-7-8-9-10-11-12-13-14-15-16-17-18-19-20-21-22-23-24-25-26-33(45)39-28-34(46)42-31(3)37(49)41-29-35(47)43-30(2)36(48)40-27-32(38)44/h15-18,30-31H,4-14,19-29H2,1-3H3,(H2,38,44)(H,39,45)(H,40,48)(H,41,49)(H,42,46)(H,43,47)/b16-15+,18-17+/t30-,31-/m0/s1. The van der Waals surface area contributed by atoms with Crippen LogP contribution in [0.3, 0.4) is 0 Å². The molecule has 0 saturated carbocycles. The number of unbranched alkanes of at least 4 members (excludes halogenated alkanes) is 16. The topological polar surface area (TPSA) is 189 Å². The Hall–Kier alpha value is -3.70. The molecule has 2 atom stereocenters. The predicted octanol–water partition coefficient (Wildman–Crippen LogP) is 4.37. The smallest absolute Gasteiger partial charge is 0.242 e. The van der Waals surface area contributed by atoms with E-state index >= 15 is 0 Å². The lowest BCUT2D eigenvalue weighted by Gasteiger charge is -2.16. The molecule has 12 nitrogen and oxygen atoms in total. The zero-order valence-corrected chi connectivity index (χ0v) is 30.5. The summed E-state index contributed by atoms with van der Waals surface area (Å²) in [6.07, 6.45) is 31.4. The first-order chi connectivity index (χ1) is 23.6. The van der Waals surface area contributed by atoms with Crippen LogP contribution in [-0.2, 0) is 28.8 Å². The van der Waals surface area contributed by atoms with Gasteiger partial charge in [-0.2, -0.15) is 0 Å². The molecule has 12 heteroatoms. The molecule has 0 rings (SSSR count). The molecule has 0 aromatic rings. The minimum Gasteiger partial charge on any atom is -0.368 e. The SMILES string of the molecule is CCCCCCCCCCCC/C=C/C=C/CCCCCCCCC(=O)NCC(=O)N[C@@H](C)C(=O)NCC(=O)N[C@@H](C)C(=O)NCC(N)=O. The van der Waals surface area contributed by atoms with E-state index in [-0.39, 0.29) is 19.0 Å². The van der Waals surface area contributed by atoms with Gasteiger partial charge >= 0.3 is 0 Å². The van der Waals surface area contributed by atoms with Gasteiger partial charge in [0.1, 0.15) is 12.1 Å². The fourth-order valence-corrected chi connectivity index (χ4v) is 4.99. The van der Waals surface area contributed by atoms with Crippen LogP contribution in [0.4, 0.5) is 0 Å². The first-order valence-corrected chi connectivity index (χ1v) is 18.6. The van der Waals surface area contributed by atoms with Crippen molar-refractivity contribution in [3.8, 4) is 0 Å². The van der Waals surface area contributed by atoms with E-state index < -0.39 is 48.2 Å². The van der Waals surface area contributed by atoms with Crippen molar-refractivity contribution in [1.29, 1.82) is 0 Å². The second kappa shape index (κ2) is 31.6. The van der Waals surface area contributed by atoms with E-state index in [1.807, 2.05) is 0 Å². The predicted molar refractivity (Wildman–Crippen MR) is 195 cm³/mol. The zero-order valence-electron chi connectivity index (χ0n) is 30.5. The maximum atomic E-state index is 12.2. The zero-order chi connectivity index (χ0) is 36.5. The third-order valence-electron chi connectivity index (χ3n) is 7.98. The van der Waals surface area contributed by atoms with Gasteiger partial charge in [-0.1, -0.05) is 115 Å². The van der Waals surface area contributed by atoms with Crippen molar-refractivity contribution in [1.82, 2.24) is 26.6 Å². The van der Waals surface area contributed by atoms with Crippen molar-refractivity contribution in [2.45, 2.75) is 155 Å². The van der Waals surface area contributed by atoms with E-state index in [0.717, 1.165) is 32.1 Å². The molecule has 49 heavy (non-hydrogen) atoms. The monoisotopic (exact) mass is 691 g/mol. The largest absolute Gasteiger partial charge is 0.368 e. The fourth-order valence-electron chi connectivity index (χ4n) is 4.99. The Morgan fingerprint density at radius 2 is 0.898 bits per heavy atom. The molecular weight excluding hydrogens is 624 g/mol. The first-order valence-electron chi connectivity index (χ1n) is 18.6. The van der Waals surface area contributed by atoms with Crippen LogP contribution in [0.1, 0.15) is 143 Å². The van der Waals surface area contributed by atoms with Gasteiger partial charge in [-0.15, -0.1) is 0 Å². The summed E-state index contributed by atoms with van der Waals surface area (Å²) in [6.45, 7) is 4.09. The van der Waals surface area contributed by atoms with Gasteiger partial charge in [-0.05, 0) is 46.0 Å². The Labute approximate surface area is 295 Å². The number of allylic oxidation sites excluding steroid dienone is 4. The highest BCUT2D eigenvalue weighted by molar-refractivity contribution is 5.93. The van der Waals surface area contributed by atoms with Crippen LogP contribution in [0.2, 0.25) is 0 Å². The van der Waals surface area contributed by atoms with E-state index in [4.69, 9.17) is 5.73 Å². The summed E-state index contributed by atoms with van der Waals surface area (Å²) in [5.41, 5.74) is 4.95. The van der Waals surface area contributed by atoms with Gasteiger partial charge in [-0.3, -0.25) is 28.8 Å². The van der Waals surface area contributed by atoms with Crippen molar-refractivity contribution < 1.29 is 28.8 Å². The van der Waals surface area contributed by atoms with Crippen molar-refractivity contribution in [2.75, 3.05) is 19.6 Å². The molecule has 0 fully saturated rings. The van der Waals surface area contributed by atoms with Crippen molar-refractivity contribution >= 4 is 35.4 Å². The van der Waals surface area contributed by atoms with E-state index in [1.165, 1.54) is 97.3 Å². The Balaban J connectivity index is 3.73. The van der Waals surface area contributed by atoms with Crippen molar-refractivity contribution in [2.24, 2.45) is 5.73 Å². The van der Waals surface area contributed by atoms with Gasteiger partial charge < -0.3 is 32.3 Å². The van der Waals surface area contributed by atoms with Crippen LogP contribution in [0, 0.1) is 0 Å². The molecule has 0 aliphatic carbocycles. The lowest BCUT2D eigenvalue weighted by atomic mass is 10.1. The Kier molecular flexibility index (Phi) is 29.2. The van der Waals surface area contributed by atoms with Crippen LogP contribution >= 0.6 is 0 Å². The summed E-state index contributed by atoms with van der Waals surface area (Å²) in [5.74, 6) is -3.31. The third-order valence-corrected chi connectivity index (χ3v) is 7.98. The molecule has 0 saturated heterocycles. The third kappa shape index (κ3) is 30.1. The number of amides is 6. The molecule has 0 aromatic carbocycles. The number of hydrogen-bond acceptors (Lipinski definition) is 6. The maximum Gasteiger partial charge on any atom is 0.242 e. The van der Waals surface area contributed by atoms with E-state index in [0.29, 0.717) is 6.42 Å². The molecule has 0 unspecified atom stereocenters. The van der Waals surface area contributed by atoms with Gasteiger partial charge in [0.05, 0.1) is 19.6 Å². The molecule has 0 bridgehead atoms. The first kappa shape index (κ1) is 45.3. The molecule has 7 N–H and O–H groups in total. The van der Waals surface area contributed by atoms with E-state index in [2.05, 4.69) is 57.8 Å². The molecule has 280 valence electrons. The Morgan fingerprint density at radius 1 is 0.510 bits per heavy atom. The molecule has 0 spiro atoms. The van der Waals surface area contributed by atoms with Gasteiger partial charge in [0.25, 0.3) is 0 Å². The Bertz CT molecular complexity index is 1020. The second-order valence-corrected chi connectivity index (χ2v) is 12.7. The summed E-state index contributed by atoms with van der Waals surface area (Å²) in [7, 11) is 0. The highest BCUT2D eigenvalue weighted by Gasteiger charge is 2.19. The van der Waals surface area contributed by atoms with E-state index in [1.54, 1.807) is 0 Å². The number of carbonyl (C=O) groups excluding carboxylic acids is 6. The maximum absolute atomic E-state index is 12.2. The minimum atomic E-state index is -0.946. The summed E-state index contributed by atoms with van der Waals surface area (Å²) in [6, 6.07) is -1.89. The normalized spacial score (nSPS) is 12.4. The lowest BCUT2D eigenvalue weighted by molar-refractivity contribution is -0.131. The van der Waals surface area contributed by atoms with Crippen LogP contribution in [0.5, 0.6) is 0 Å². The molecule has 0 radical (unpaired) electrons. The van der Waals surface area contributed by atoms with Gasteiger partial charge in [0.2, 0.25) is 35.4 Å². The highest BCUT2D eigenvalue weighted by atomic mass is 16.2. The number of rotatable bonds is 31. The number of primary amides is 1. The van der Waals surface area contributed by atoms with Crippen molar-refractivity contribution in [3.63, 3.8) is 0 Å². The number of hydrogen-bond donors (Lipinski definition) is 6. The number of carbonyl (C=O) groups is 6. The molecular formula is C37H66N6O6. The lowest BCUT2D eigenvalue weighted by Crippen LogP contribution is -2.52. The Morgan fingerprint density at radius 3 is 1.35 bits per heavy atom. The molecule has 0 heterocycles. The van der Waals surface area contributed by atoms with E-state index in [9.17, 15) is 28.8 Å². The molecule has 0 aliphatic rings. The molecule has 6 amide bonds. The van der Waals surface area contributed by atoms with Crippen LogP contribution in [0.15, 0.2) is 24.3 Å². The summed E-state index contributed by atoms with van der Waals surface area (Å²) >= 11 is 0. The van der Waals surface area contributed by atoms with Gasteiger partial charge in [0, 0.05) is 6.42 Å².